The Morgan fingerprint density at radius 1 is 1.45 bits per heavy atom. The van der Waals surface area contributed by atoms with Crippen molar-refractivity contribution in [2.24, 2.45) is 5.73 Å². The molecule has 0 fully saturated rings. The Balaban J connectivity index is 1.97. The minimum absolute atomic E-state index is 0.280. The number of benzene rings is 1. The first-order valence-corrected chi connectivity index (χ1v) is 7.87. The molecule has 1 aromatic heterocycles. The molecule has 1 aliphatic heterocycles. The van der Waals surface area contributed by atoms with Gasteiger partial charge in [-0.2, -0.15) is 9.78 Å². The van der Waals surface area contributed by atoms with E-state index in [9.17, 15) is 0 Å². The van der Waals surface area contributed by atoms with Crippen molar-refractivity contribution in [3.05, 3.63) is 41.1 Å². The highest BCUT2D eigenvalue weighted by atomic mass is 32.1. The van der Waals surface area contributed by atoms with Crippen LogP contribution >= 0.6 is 12.2 Å². The molecule has 22 heavy (non-hydrogen) atoms. The van der Waals surface area contributed by atoms with E-state index in [0.29, 0.717) is 0 Å². The smallest absolute Gasteiger partial charge is 0.193 e. The van der Waals surface area contributed by atoms with E-state index >= 15 is 0 Å². The van der Waals surface area contributed by atoms with Crippen molar-refractivity contribution in [3.63, 3.8) is 0 Å². The number of aromatic nitrogens is 2. The van der Waals surface area contributed by atoms with Gasteiger partial charge in [-0.25, -0.2) is 0 Å². The Bertz CT molecular complexity index is 695. The number of nitrogens with two attached hydrogens (primary N) is 1. The highest BCUT2D eigenvalue weighted by Crippen LogP contribution is 2.27. The average molecular weight is 316 g/mol. The molecule has 6 heteroatoms. The number of thiocarbonyl (C=S) groups is 1. The minimum atomic E-state index is 0.280. The Hall–Kier alpha value is -2.08. The molecular formula is C16H20N4OS. The number of hydrogen-bond donors (Lipinski definition) is 2. The maximum atomic E-state index is 5.81. The van der Waals surface area contributed by atoms with E-state index in [1.165, 1.54) is 11.1 Å². The first-order valence-electron chi connectivity index (χ1n) is 7.46. The maximum Gasteiger partial charge on any atom is 0.193 e. The van der Waals surface area contributed by atoms with Crippen LogP contribution in [-0.2, 0) is 12.8 Å². The molecule has 0 amide bonds. The van der Waals surface area contributed by atoms with Crippen LogP contribution in [0.3, 0.4) is 0 Å². The lowest BCUT2D eigenvalue weighted by Gasteiger charge is -2.06. The standard InChI is InChI=1S/C16H20N4OS/c1-21-12-6-4-5-11(9-12)10-14-13-7-2-3-8-18-15(13)20(19-14)16(17)22/h4-6,9,18H,2-3,7-8,10H2,1H3,(H2,17,22). The molecule has 5 nitrogen and oxygen atoms in total. The number of rotatable bonds is 3. The van der Waals surface area contributed by atoms with Crippen molar-refractivity contribution in [2.75, 3.05) is 19.0 Å². The molecule has 116 valence electrons. The maximum absolute atomic E-state index is 5.81. The topological polar surface area (TPSA) is 65.1 Å². The van der Waals surface area contributed by atoms with Crippen molar-refractivity contribution in [2.45, 2.75) is 25.7 Å². The summed E-state index contributed by atoms with van der Waals surface area (Å²) in [5.74, 6) is 1.82. The summed E-state index contributed by atoms with van der Waals surface area (Å²) in [6.45, 7) is 0.930. The van der Waals surface area contributed by atoms with Crippen molar-refractivity contribution in [1.29, 1.82) is 0 Å². The zero-order chi connectivity index (χ0) is 15.5. The van der Waals surface area contributed by atoms with Gasteiger partial charge >= 0.3 is 0 Å². The lowest BCUT2D eigenvalue weighted by Crippen LogP contribution is -2.23. The normalized spacial score (nSPS) is 13.9. The number of hydrogen-bond acceptors (Lipinski definition) is 4. The molecule has 2 heterocycles. The number of nitrogens with zero attached hydrogens (tertiary/aromatic N) is 2. The Kier molecular flexibility index (Phi) is 4.29. The summed E-state index contributed by atoms with van der Waals surface area (Å²) in [7, 11) is 1.68. The molecule has 0 atom stereocenters. The molecule has 0 unspecified atom stereocenters. The summed E-state index contributed by atoms with van der Waals surface area (Å²) in [6, 6.07) is 8.06. The van der Waals surface area contributed by atoms with Crippen LogP contribution in [0.5, 0.6) is 5.75 Å². The predicted octanol–water partition coefficient (Wildman–Crippen LogP) is 2.32. The largest absolute Gasteiger partial charge is 0.497 e. The molecular weight excluding hydrogens is 296 g/mol. The fourth-order valence-corrected chi connectivity index (χ4v) is 2.98. The van der Waals surface area contributed by atoms with Gasteiger partial charge in [0, 0.05) is 18.5 Å². The van der Waals surface area contributed by atoms with E-state index in [2.05, 4.69) is 16.5 Å². The lowest BCUT2D eigenvalue weighted by molar-refractivity contribution is 0.414. The molecule has 0 radical (unpaired) electrons. The van der Waals surface area contributed by atoms with Gasteiger partial charge in [0.1, 0.15) is 11.6 Å². The Morgan fingerprint density at radius 2 is 2.32 bits per heavy atom. The van der Waals surface area contributed by atoms with Crippen molar-refractivity contribution in [1.82, 2.24) is 9.78 Å². The second-order valence-electron chi connectivity index (χ2n) is 5.44. The van der Waals surface area contributed by atoms with E-state index in [1.54, 1.807) is 11.8 Å². The van der Waals surface area contributed by atoms with E-state index in [4.69, 9.17) is 22.7 Å². The highest BCUT2D eigenvalue weighted by molar-refractivity contribution is 7.80. The lowest BCUT2D eigenvalue weighted by atomic mass is 10.0. The van der Waals surface area contributed by atoms with Gasteiger partial charge in [-0.3, -0.25) is 0 Å². The van der Waals surface area contributed by atoms with E-state index < -0.39 is 0 Å². The Labute approximate surface area is 135 Å². The van der Waals surface area contributed by atoms with Crippen molar-refractivity contribution in [3.8, 4) is 5.75 Å². The van der Waals surface area contributed by atoms with Crippen LogP contribution in [0.2, 0.25) is 0 Å². The molecule has 3 N–H and O–H groups in total. The summed E-state index contributed by atoms with van der Waals surface area (Å²) in [4.78, 5) is 0. The van der Waals surface area contributed by atoms with Gasteiger partial charge in [0.15, 0.2) is 5.11 Å². The molecule has 3 rings (SSSR count). The van der Waals surface area contributed by atoms with Gasteiger partial charge in [-0.1, -0.05) is 12.1 Å². The van der Waals surface area contributed by atoms with Crippen LogP contribution in [0.1, 0.15) is 29.7 Å². The molecule has 0 bridgehead atoms. The van der Waals surface area contributed by atoms with Crippen LogP contribution in [-0.4, -0.2) is 28.5 Å². The van der Waals surface area contributed by atoms with Crippen LogP contribution in [0.15, 0.2) is 24.3 Å². The van der Waals surface area contributed by atoms with Crippen LogP contribution in [0.25, 0.3) is 0 Å². The van der Waals surface area contributed by atoms with Gasteiger partial charge in [0.05, 0.1) is 12.8 Å². The van der Waals surface area contributed by atoms with Crippen molar-refractivity contribution >= 4 is 23.1 Å². The zero-order valence-corrected chi connectivity index (χ0v) is 13.4. The minimum Gasteiger partial charge on any atom is -0.497 e. The summed E-state index contributed by atoms with van der Waals surface area (Å²) >= 11 is 5.13. The molecule has 0 saturated carbocycles. The third-order valence-corrected chi connectivity index (χ3v) is 4.10. The number of nitrogens with one attached hydrogen (secondary N) is 1. The van der Waals surface area contributed by atoms with Crippen molar-refractivity contribution < 1.29 is 4.74 Å². The summed E-state index contributed by atoms with van der Waals surface area (Å²) in [6.07, 6.45) is 4.04. The Morgan fingerprint density at radius 3 is 3.09 bits per heavy atom. The zero-order valence-electron chi connectivity index (χ0n) is 12.6. The monoisotopic (exact) mass is 316 g/mol. The van der Waals surface area contributed by atoms with Crippen LogP contribution < -0.4 is 15.8 Å². The van der Waals surface area contributed by atoms with Crippen LogP contribution in [0.4, 0.5) is 5.82 Å². The molecule has 1 aromatic carbocycles. The number of methoxy groups -OCH3 is 1. The molecule has 2 aromatic rings. The fraction of sp³-hybridized carbons (Fsp3) is 0.375. The van der Waals surface area contributed by atoms with Gasteiger partial charge in [-0.05, 0) is 49.2 Å². The highest BCUT2D eigenvalue weighted by Gasteiger charge is 2.20. The average Bonchev–Trinajstić information content (AvgIpc) is 2.71. The second-order valence-corrected chi connectivity index (χ2v) is 5.85. The molecule has 0 aliphatic carbocycles. The van der Waals surface area contributed by atoms with Gasteiger partial charge < -0.3 is 15.8 Å². The fourth-order valence-electron chi connectivity index (χ4n) is 2.85. The molecule has 0 saturated heterocycles. The van der Waals surface area contributed by atoms with E-state index in [-0.39, 0.29) is 5.11 Å². The summed E-state index contributed by atoms with van der Waals surface area (Å²) < 4.78 is 6.95. The quantitative estimate of drug-likeness (QED) is 0.851. The first kappa shape index (κ1) is 14.8. The third-order valence-electron chi connectivity index (χ3n) is 3.93. The van der Waals surface area contributed by atoms with E-state index in [1.807, 2.05) is 18.2 Å². The second kappa shape index (κ2) is 6.36. The predicted molar refractivity (Wildman–Crippen MR) is 91.6 cm³/mol. The third kappa shape index (κ3) is 2.92. The van der Waals surface area contributed by atoms with E-state index in [0.717, 1.165) is 49.5 Å². The van der Waals surface area contributed by atoms with Gasteiger partial charge in [0.25, 0.3) is 0 Å². The number of ether oxygens (including phenoxy) is 1. The summed E-state index contributed by atoms with van der Waals surface area (Å²) in [5, 5.41) is 8.32. The SMILES string of the molecule is COc1cccc(Cc2nn(C(N)=S)c3c2CCCCN3)c1. The number of fused-ring (bicyclic) bond motifs is 1. The summed E-state index contributed by atoms with van der Waals surface area (Å²) in [5.41, 5.74) is 9.24. The van der Waals surface area contributed by atoms with Crippen LogP contribution in [0, 0.1) is 0 Å². The van der Waals surface area contributed by atoms with Gasteiger partial charge in [-0.15, -0.1) is 0 Å². The molecule has 0 spiro atoms. The molecule has 1 aliphatic rings. The first-order chi connectivity index (χ1) is 10.7. The van der Waals surface area contributed by atoms with Gasteiger partial charge in [0.2, 0.25) is 0 Å². The number of anilines is 1.